The van der Waals surface area contributed by atoms with Crippen molar-refractivity contribution in [1.29, 1.82) is 0 Å². The van der Waals surface area contributed by atoms with E-state index in [0.717, 1.165) is 6.42 Å². The minimum absolute atomic E-state index is 0.244. The lowest BCUT2D eigenvalue weighted by Crippen LogP contribution is -2.05. The van der Waals surface area contributed by atoms with Crippen molar-refractivity contribution >= 4 is 17.9 Å². The summed E-state index contributed by atoms with van der Waals surface area (Å²) in [5, 5.41) is 0. The number of hydrogen-bond donors (Lipinski definition) is 0. The summed E-state index contributed by atoms with van der Waals surface area (Å²) in [6.45, 7) is 2.06. The van der Waals surface area contributed by atoms with Gasteiger partial charge in [0, 0.05) is 6.42 Å². The van der Waals surface area contributed by atoms with Crippen LogP contribution in [0.15, 0.2) is 47.1 Å². The Kier molecular flexibility index (Phi) is 5.99. The van der Waals surface area contributed by atoms with E-state index in [1.807, 2.05) is 12.1 Å². The van der Waals surface area contributed by atoms with Gasteiger partial charge in [-0.05, 0) is 48.2 Å². The summed E-state index contributed by atoms with van der Waals surface area (Å²) < 4.78 is 21.3. The smallest absolute Gasteiger partial charge is 0.363 e. The van der Waals surface area contributed by atoms with Gasteiger partial charge in [-0.15, -0.1) is 0 Å². The van der Waals surface area contributed by atoms with Crippen molar-refractivity contribution in [2.24, 2.45) is 4.99 Å². The molecule has 0 saturated heterocycles. The molecular formula is C22H23NO5. The molecule has 3 rings (SSSR count). The molecule has 0 bridgehead atoms. The number of benzene rings is 2. The molecule has 2 aromatic rings. The molecular weight excluding hydrogens is 358 g/mol. The molecule has 0 saturated carbocycles. The van der Waals surface area contributed by atoms with Crippen molar-refractivity contribution in [3.63, 3.8) is 0 Å². The molecule has 6 heteroatoms. The average molecular weight is 381 g/mol. The molecule has 1 heterocycles. The first-order valence-corrected chi connectivity index (χ1v) is 8.91. The van der Waals surface area contributed by atoms with Gasteiger partial charge >= 0.3 is 5.97 Å². The van der Waals surface area contributed by atoms with Crippen LogP contribution in [-0.2, 0) is 16.0 Å². The van der Waals surface area contributed by atoms with Crippen LogP contribution in [0, 0.1) is 6.92 Å². The first kappa shape index (κ1) is 19.5. The first-order chi connectivity index (χ1) is 13.5. The van der Waals surface area contributed by atoms with Crippen LogP contribution in [0.1, 0.15) is 23.1 Å². The van der Waals surface area contributed by atoms with Gasteiger partial charge < -0.3 is 18.9 Å². The Hall–Kier alpha value is -3.28. The Labute approximate surface area is 164 Å². The largest absolute Gasteiger partial charge is 0.493 e. The molecule has 0 aliphatic carbocycles. The highest BCUT2D eigenvalue weighted by molar-refractivity contribution is 6.07. The van der Waals surface area contributed by atoms with Gasteiger partial charge in [0.2, 0.25) is 5.75 Å². The molecule has 28 heavy (non-hydrogen) atoms. The molecule has 0 spiro atoms. The van der Waals surface area contributed by atoms with Crippen LogP contribution < -0.4 is 14.2 Å². The lowest BCUT2D eigenvalue weighted by atomic mass is 10.0. The molecule has 0 fully saturated rings. The van der Waals surface area contributed by atoms with E-state index in [4.69, 9.17) is 18.9 Å². The van der Waals surface area contributed by atoms with E-state index < -0.39 is 5.97 Å². The van der Waals surface area contributed by atoms with Crippen LogP contribution in [0.25, 0.3) is 6.08 Å². The van der Waals surface area contributed by atoms with Crippen molar-refractivity contribution < 1.29 is 23.7 Å². The van der Waals surface area contributed by atoms with Crippen LogP contribution in [0.3, 0.4) is 0 Å². The highest BCUT2D eigenvalue weighted by atomic mass is 16.6. The fraction of sp³-hybridized carbons (Fsp3) is 0.273. The summed E-state index contributed by atoms with van der Waals surface area (Å²) in [5.41, 5.74) is 3.36. The van der Waals surface area contributed by atoms with E-state index in [-0.39, 0.29) is 5.70 Å². The maximum absolute atomic E-state index is 12.2. The maximum Gasteiger partial charge on any atom is 0.363 e. The summed E-state index contributed by atoms with van der Waals surface area (Å²) in [5.74, 6) is 1.46. The van der Waals surface area contributed by atoms with Gasteiger partial charge in [0.15, 0.2) is 23.1 Å². The Morgan fingerprint density at radius 3 is 2.29 bits per heavy atom. The molecule has 1 aliphatic rings. The molecule has 2 aromatic carbocycles. The monoisotopic (exact) mass is 381 g/mol. The molecule has 0 amide bonds. The number of esters is 1. The Morgan fingerprint density at radius 1 is 1.00 bits per heavy atom. The van der Waals surface area contributed by atoms with Crippen LogP contribution in [0.4, 0.5) is 0 Å². The van der Waals surface area contributed by atoms with Crippen LogP contribution >= 0.6 is 0 Å². The fourth-order valence-electron chi connectivity index (χ4n) is 3.03. The van der Waals surface area contributed by atoms with E-state index >= 15 is 0 Å². The number of rotatable bonds is 7. The zero-order valence-electron chi connectivity index (χ0n) is 16.4. The normalized spacial score (nSPS) is 14.6. The van der Waals surface area contributed by atoms with Gasteiger partial charge in [-0.3, -0.25) is 0 Å². The van der Waals surface area contributed by atoms with E-state index in [9.17, 15) is 4.79 Å². The summed E-state index contributed by atoms with van der Waals surface area (Å²) in [4.78, 5) is 16.6. The molecule has 0 radical (unpaired) electrons. The van der Waals surface area contributed by atoms with Gasteiger partial charge in [-0.1, -0.05) is 24.3 Å². The van der Waals surface area contributed by atoms with Gasteiger partial charge in [-0.25, -0.2) is 9.79 Å². The third kappa shape index (κ3) is 4.17. The van der Waals surface area contributed by atoms with E-state index in [1.54, 1.807) is 32.4 Å². The number of carbonyl (C=O) groups is 1. The summed E-state index contributed by atoms with van der Waals surface area (Å²) in [7, 11) is 4.62. The number of hydrogen-bond acceptors (Lipinski definition) is 6. The van der Waals surface area contributed by atoms with Gasteiger partial charge in [0.25, 0.3) is 0 Å². The zero-order chi connectivity index (χ0) is 20.1. The zero-order valence-corrected chi connectivity index (χ0v) is 16.4. The van der Waals surface area contributed by atoms with Crippen molar-refractivity contribution in [3.8, 4) is 17.2 Å². The second-order valence-corrected chi connectivity index (χ2v) is 6.31. The standard InChI is InChI=1S/C22H23NO5/c1-14-7-5-6-8-16(14)9-10-20-23-17(22(24)28-20)11-15-12-18(25-2)21(27-4)19(13-15)26-3/h5-8,11-13H,9-10H2,1-4H3/b17-11+. The highest BCUT2D eigenvalue weighted by Gasteiger charge is 2.23. The van der Waals surface area contributed by atoms with Gasteiger partial charge in [0.1, 0.15) is 0 Å². The van der Waals surface area contributed by atoms with Crippen molar-refractivity contribution in [2.45, 2.75) is 19.8 Å². The minimum atomic E-state index is -0.464. The molecule has 0 unspecified atom stereocenters. The number of methoxy groups -OCH3 is 3. The molecule has 1 aliphatic heterocycles. The Balaban J connectivity index is 1.82. The van der Waals surface area contributed by atoms with Crippen LogP contribution in [0.5, 0.6) is 17.2 Å². The summed E-state index contributed by atoms with van der Waals surface area (Å²) >= 11 is 0. The highest BCUT2D eigenvalue weighted by Crippen LogP contribution is 2.39. The van der Waals surface area contributed by atoms with Crippen LogP contribution in [0.2, 0.25) is 0 Å². The van der Waals surface area contributed by atoms with E-state index in [0.29, 0.717) is 35.1 Å². The summed E-state index contributed by atoms with van der Waals surface area (Å²) in [6.07, 6.45) is 2.97. The number of cyclic esters (lactones) is 1. The minimum Gasteiger partial charge on any atom is -0.493 e. The van der Waals surface area contributed by atoms with Gasteiger partial charge in [0.05, 0.1) is 21.3 Å². The fourth-order valence-corrected chi connectivity index (χ4v) is 3.03. The topological polar surface area (TPSA) is 66.4 Å². The third-order valence-corrected chi connectivity index (χ3v) is 4.52. The molecule has 0 N–H and O–H groups in total. The van der Waals surface area contributed by atoms with E-state index in [2.05, 4.69) is 24.0 Å². The molecule has 146 valence electrons. The average Bonchev–Trinajstić information content (AvgIpc) is 3.05. The molecule has 0 atom stereocenters. The lowest BCUT2D eigenvalue weighted by Gasteiger charge is -2.12. The summed E-state index contributed by atoms with van der Waals surface area (Å²) in [6, 6.07) is 11.6. The SMILES string of the molecule is COc1cc(/C=C2/N=C(CCc3ccccc3C)OC2=O)cc(OC)c1OC. The van der Waals surface area contributed by atoms with Crippen molar-refractivity contribution in [3.05, 3.63) is 58.8 Å². The number of aryl methyl sites for hydroxylation is 2. The Bertz CT molecular complexity index is 921. The lowest BCUT2D eigenvalue weighted by molar-refractivity contribution is -0.130. The molecule has 0 aromatic heterocycles. The second kappa shape index (κ2) is 8.61. The quantitative estimate of drug-likeness (QED) is 0.537. The number of ether oxygens (including phenoxy) is 4. The van der Waals surface area contributed by atoms with Crippen LogP contribution in [-0.4, -0.2) is 33.2 Å². The van der Waals surface area contributed by atoms with Crippen molar-refractivity contribution in [2.75, 3.05) is 21.3 Å². The van der Waals surface area contributed by atoms with Crippen molar-refractivity contribution in [1.82, 2.24) is 0 Å². The third-order valence-electron chi connectivity index (χ3n) is 4.52. The second-order valence-electron chi connectivity index (χ2n) is 6.31. The Morgan fingerprint density at radius 2 is 1.68 bits per heavy atom. The predicted molar refractivity (Wildman–Crippen MR) is 107 cm³/mol. The number of aliphatic imine (C=N–C) groups is 1. The predicted octanol–water partition coefficient (Wildman–Crippen LogP) is 3.95. The van der Waals surface area contributed by atoms with Gasteiger partial charge in [-0.2, -0.15) is 0 Å². The van der Waals surface area contributed by atoms with E-state index in [1.165, 1.54) is 18.2 Å². The molecule has 6 nitrogen and oxygen atoms in total. The number of nitrogens with zero attached hydrogens (tertiary/aromatic N) is 1. The number of carbonyl (C=O) groups excluding carboxylic acids is 1. The maximum atomic E-state index is 12.2. The first-order valence-electron chi connectivity index (χ1n) is 8.91.